The number of aromatic nitrogens is 3. The summed E-state index contributed by atoms with van der Waals surface area (Å²) in [5.41, 5.74) is -0.686. The molecule has 2 rings (SSSR count). The van der Waals surface area contributed by atoms with Crippen molar-refractivity contribution in [2.75, 3.05) is 13.1 Å². The Bertz CT molecular complexity index is 265. The predicted molar refractivity (Wildman–Crippen MR) is 36.7 cm³/mol. The summed E-state index contributed by atoms with van der Waals surface area (Å²) in [7, 11) is 1.70. The Labute approximate surface area is 63.4 Å². The quantitative estimate of drug-likeness (QED) is 0.600. The van der Waals surface area contributed by atoms with Gasteiger partial charge in [0.05, 0.1) is 11.9 Å². The van der Waals surface area contributed by atoms with Crippen molar-refractivity contribution in [1.82, 2.24) is 20.3 Å². The SMILES string of the molecule is Cn1nncc1C1(F)CNC1. The van der Waals surface area contributed by atoms with Crippen molar-refractivity contribution in [3.05, 3.63) is 11.9 Å². The van der Waals surface area contributed by atoms with E-state index in [2.05, 4.69) is 15.6 Å². The fraction of sp³-hybridized carbons (Fsp3) is 0.667. The molecule has 1 fully saturated rings. The molecular formula is C6H9FN4. The second-order valence-electron chi connectivity index (χ2n) is 2.81. The van der Waals surface area contributed by atoms with Gasteiger partial charge in [0.1, 0.15) is 0 Å². The lowest BCUT2D eigenvalue weighted by Crippen LogP contribution is -2.54. The van der Waals surface area contributed by atoms with Gasteiger partial charge in [-0.3, -0.25) is 0 Å². The van der Waals surface area contributed by atoms with E-state index in [1.54, 1.807) is 7.05 Å². The van der Waals surface area contributed by atoms with Crippen molar-refractivity contribution in [2.24, 2.45) is 7.05 Å². The Morgan fingerprint density at radius 1 is 1.73 bits per heavy atom. The van der Waals surface area contributed by atoms with Crippen molar-refractivity contribution in [3.8, 4) is 0 Å². The van der Waals surface area contributed by atoms with Gasteiger partial charge in [-0.1, -0.05) is 5.21 Å². The Hall–Kier alpha value is -0.970. The number of alkyl halides is 1. The molecule has 1 aliphatic rings. The molecule has 60 valence electrons. The molecule has 4 nitrogen and oxygen atoms in total. The average molecular weight is 156 g/mol. The van der Waals surface area contributed by atoms with Gasteiger partial charge in [0.2, 0.25) is 0 Å². The standard InChI is InChI=1S/C6H9FN4/c1-11-5(2-9-10-11)6(7)3-8-4-6/h2,8H,3-4H2,1H3. The van der Waals surface area contributed by atoms with Crippen LogP contribution in [0.1, 0.15) is 5.69 Å². The minimum Gasteiger partial charge on any atom is -0.309 e. The molecule has 0 unspecified atom stereocenters. The molecular weight excluding hydrogens is 147 g/mol. The van der Waals surface area contributed by atoms with Crippen molar-refractivity contribution in [3.63, 3.8) is 0 Å². The van der Waals surface area contributed by atoms with Crippen molar-refractivity contribution >= 4 is 0 Å². The summed E-state index contributed by atoms with van der Waals surface area (Å²) in [6.07, 6.45) is 1.47. The van der Waals surface area contributed by atoms with Crippen LogP contribution in [0.3, 0.4) is 0 Å². The van der Waals surface area contributed by atoms with Gasteiger partial charge in [0.15, 0.2) is 5.67 Å². The third-order valence-corrected chi connectivity index (χ3v) is 1.98. The van der Waals surface area contributed by atoms with E-state index in [0.29, 0.717) is 18.8 Å². The molecule has 1 aromatic heterocycles. The molecule has 11 heavy (non-hydrogen) atoms. The summed E-state index contributed by atoms with van der Waals surface area (Å²) in [5, 5.41) is 10.2. The second-order valence-corrected chi connectivity index (χ2v) is 2.81. The summed E-state index contributed by atoms with van der Waals surface area (Å²) >= 11 is 0. The van der Waals surface area contributed by atoms with Gasteiger partial charge in [-0.2, -0.15) is 0 Å². The Balaban J connectivity index is 2.35. The van der Waals surface area contributed by atoms with E-state index < -0.39 is 5.67 Å². The first-order valence-corrected chi connectivity index (χ1v) is 3.47. The summed E-state index contributed by atoms with van der Waals surface area (Å²) < 4.78 is 15.0. The molecule has 5 heteroatoms. The van der Waals surface area contributed by atoms with Gasteiger partial charge in [-0.05, 0) is 0 Å². The zero-order valence-electron chi connectivity index (χ0n) is 6.21. The minimum absolute atomic E-state index is 0.369. The lowest BCUT2D eigenvalue weighted by atomic mass is 9.96. The maximum absolute atomic E-state index is 13.6. The number of halogens is 1. The summed E-state index contributed by atoms with van der Waals surface area (Å²) in [4.78, 5) is 0. The molecule has 0 bridgehead atoms. The number of hydrogen-bond acceptors (Lipinski definition) is 3. The third-order valence-electron chi connectivity index (χ3n) is 1.98. The zero-order valence-corrected chi connectivity index (χ0v) is 6.21. The molecule has 0 atom stereocenters. The smallest absolute Gasteiger partial charge is 0.178 e. The van der Waals surface area contributed by atoms with E-state index in [1.807, 2.05) is 0 Å². The molecule has 0 saturated carbocycles. The van der Waals surface area contributed by atoms with E-state index in [0.717, 1.165) is 0 Å². The first-order valence-electron chi connectivity index (χ1n) is 3.47. The maximum Gasteiger partial charge on any atom is 0.178 e. The van der Waals surface area contributed by atoms with Crippen molar-refractivity contribution < 1.29 is 4.39 Å². The van der Waals surface area contributed by atoms with Crippen LogP contribution in [0.15, 0.2) is 6.20 Å². The van der Waals surface area contributed by atoms with Crippen LogP contribution in [-0.2, 0) is 12.7 Å². The van der Waals surface area contributed by atoms with Gasteiger partial charge in [0.25, 0.3) is 0 Å². The second kappa shape index (κ2) is 2.01. The topological polar surface area (TPSA) is 42.7 Å². The van der Waals surface area contributed by atoms with E-state index in [4.69, 9.17) is 0 Å². The third kappa shape index (κ3) is 0.841. The van der Waals surface area contributed by atoms with Gasteiger partial charge >= 0.3 is 0 Å². The molecule has 2 heterocycles. The lowest BCUT2D eigenvalue weighted by Gasteiger charge is -2.34. The molecule has 0 radical (unpaired) electrons. The highest BCUT2D eigenvalue weighted by Crippen LogP contribution is 2.28. The van der Waals surface area contributed by atoms with Gasteiger partial charge < -0.3 is 5.32 Å². The molecule has 0 aliphatic carbocycles. The maximum atomic E-state index is 13.6. The highest BCUT2D eigenvalue weighted by atomic mass is 19.1. The molecule has 1 aliphatic heterocycles. The van der Waals surface area contributed by atoms with Crippen molar-refractivity contribution in [1.29, 1.82) is 0 Å². The molecule has 0 aromatic carbocycles. The van der Waals surface area contributed by atoms with Crippen LogP contribution in [0.4, 0.5) is 4.39 Å². The molecule has 1 saturated heterocycles. The monoisotopic (exact) mass is 156 g/mol. The van der Waals surface area contributed by atoms with Crippen LogP contribution in [-0.4, -0.2) is 28.1 Å². The minimum atomic E-state index is -1.24. The Morgan fingerprint density at radius 2 is 2.45 bits per heavy atom. The normalized spacial score (nSPS) is 21.3. The van der Waals surface area contributed by atoms with E-state index >= 15 is 0 Å². The van der Waals surface area contributed by atoms with Crippen LogP contribution in [0.5, 0.6) is 0 Å². The number of aryl methyl sites for hydroxylation is 1. The van der Waals surface area contributed by atoms with Crippen LogP contribution >= 0.6 is 0 Å². The van der Waals surface area contributed by atoms with Crippen LogP contribution in [0.25, 0.3) is 0 Å². The first-order chi connectivity index (χ1) is 5.22. The number of rotatable bonds is 1. The van der Waals surface area contributed by atoms with E-state index in [1.165, 1.54) is 10.9 Å². The molecule has 1 N–H and O–H groups in total. The van der Waals surface area contributed by atoms with Gasteiger partial charge in [-0.25, -0.2) is 9.07 Å². The van der Waals surface area contributed by atoms with Gasteiger partial charge in [0, 0.05) is 20.1 Å². The summed E-state index contributed by atoms with van der Waals surface area (Å²) in [5.74, 6) is 0. The summed E-state index contributed by atoms with van der Waals surface area (Å²) in [6.45, 7) is 0.739. The summed E-state index contributed by atoms with van der Waals surface area (Å²) in [6, 6.07) is 0. The fourth-order valence-corrected chi connectivity index (χ4v) is 1.22. The molecule has 0 spiro atoms. The van der Waals surface area contributed by atoms with Crippen LogP contribution in [0, 0.1) is 0 Å². The average Bonchev–Trinajstić information content (AvgIpc) is 2.30. The zero-order chi connectivity index (χ0) is 7.90. The van der Waals surface area contributed by atoms with Gasteiger partial charge in [-0.15, -0.1) is 5.10 Å². The van der Waals surface area contributed by atoms with Crippen LogP contribution < -0.4 is 5.32 Å². The highest BCUT2D eigenvalue weighted by Gasteiger charge is 2.41. The predicted octanol–water partition coefficient (Wildman–Crippen LogP) is -0.417. The highest BCUT2D eigenvalue weighted by molar-refractivity contribution is 5.14. The number of nitrogens with one attached hydrogen (secondary N) is 1. The van der Waals surface area contributed by atoms with E-state index in [-0.39, 0.29) is 0 Å². The molecule has 1 aromatic rings. The van der Waals surface area contributed by atoms with Crippen molar-refractivity contribution in [2.45, 2.75) is 5.67 Å². The number of hydrogen-bond donors (Lipinski definition) is 1. The van der Waals surface area contributed by atoms with E-state index in [9.17, 15) is 4.39 Å². The lowest BCUT2D eigenvalue weighted by molar-refractivity contribution is 0.0794. The first kappa shape index (κ1) is 6.72. The Morgan fingerprint density at radius 3 is 2.82 bits per heavy atom. The largest absolute Gasteiger partial charge is 0.309 e. The number of nitrogens with zero attached hydrogens (tertiary/aromatic N) is 3. The fourth-order valence-electron chi connectivity index (χ4n) is 1.22. The molecule has 0 amide bonds. The van der Waals surface area contributed by atoms with Crippen LogP contribution in [0.2, 0.25) is 0 Å². The Kier molecular flexibility index (Phi) is 1.23.